The van der Waals surface area contributed by atoms with Gasteiger partial charge in [-0.05, 0) is 25.0 Å². The predicted molar refractivity (Wildman–Crippen MR) is 105 cm³/mol. The molecule has 2 fully saturated rings. The molecule has 0 saturated carbocycles. The number of amides is 1. The van der Waals surface area contributed by atoms with E-state index in [2.05, 4.69) is 24.8 Å². The number of pyridine rings is 1. The van der Waals surface area contributed by atoms with Crippen LogP contribution in [0.4, 0.5) is 11.6 Å². The molecule has 7 nitrogen and oxygen atoms in total. The maximum Gasteiger partial charge on any atom is 0.274 e. The molecule has 0 unspecified atom stereocenters. The van der Waals surface area contributed by atoms with Gasteiger partial charge in [-0.15, -0.1) is 0 Å². The fraction of sp³-hybridized carbons (Fsp3) is 0.500. The Labute approximate surface area is 160 Å². The molecule has 0 radical (unpaired) electrons. The van der Waals surface area contributed by atoms with Gasteiger partial charge in [0, 0.05) is 45.5 Å². The normalized spacial score (nSPS) is 18.3. The number of carbonyl (C=O) groups is 1. The smallest absolute Gasteiger partial charge is 0.274 e. The number of hydrogen-bond acceptors (Lipinski definition) is 6. The van der Waals surface area contributed by atoms with E-state index in [9.17, 15) is 4.79 Å². The Bertz CT molecular complexity index is 735. The van der Waals surface area contributed by atoms with Crippen molar-refractivity contribution in [1.29, 1.82) is 0 Å². The van der Waals surface area contributed by atoms with Gasteiger partial charge in [-0.1, -0.05) is 18.9 Å². The lowest BCUT2D eigenvalue weighted by molar-refractivity contribution is 0.0755. The summed E-state index contributed by atoms with van der Waals surface area (Å²) in [5.41, 5.74) is 0.452. The molecule has 0 N–H and O–H groups in total. The largest absolute Gasteiger partial charge is 0.353 e. The van der Waals surface area contributed by atoms with Gasteiger partial charge in [-0.25, -0.2) is 15.0 Å². The summed E-state index contributed by atoms with van der Waals surface area (Å²) in [7, 11) is 0. The Kier molecular flexibility index (Phi) is 5.46. The van der Waals surface area contributed by atoms with Gasteiger partial charge in [0.1, 0.15) is 17.3 Å². The third-order valence-electron chi connectivity index (χ3n) is 5.33. The zero-order chi connectivity index (χ0) is 18.5. The molecule has 2 aromatic rings. The molecule has 2 aliphatic rings. The minimum Gasteiger partial charge on any atom is -0.353 e. The van der Waals surface area contributed by atoms with Crippen LogP contribution in [0.1, 0.15) is 36.2 Å². The molecule has 142 valence electrons. The molecule has 2 aliphatic heterocycles. The third kappa shape index (κ3) is 4.18. The average molecular weight is 366 g/mol. The molecule has 2 saturated heterocycles. The van der Waals surface area contributed by atoms with Crippen molar-refractivity contribution in [2.75, 3.05) is 49.1 Å². The first-order valence-corrected chi connectivity index (χ1v) is 9.83. The second-order valence-electron chi connectivity index (χ2n) is 7.13. The molecule has 0 aliphatic carbocycles. The molecule has 4 heterocycles. The van der Waals surface area contributed by atoms with Crippen molar-refractivity contribution in [1.82, 2.24) is 19.9 Å². The van der Waals surface area contributed by atoms with Crippen LogP contribution in [0.15, 0.2) is 36.8 Å². The molecular formula is C20H26N6O. The van der Waals surface area contributed by atoms with Gasteiger partial charge >= 0.3 is 0 Å². The molecule has 4 rings (SSSR count). The molecule has 0 bridgehead atoms. The lowest BCUT2D eigenvalue weighted by Crippen LogP contribution is -2.47. The van der Waals surface area contributed by atoms with Gasteiger partial charge in [-0.3, -0.25) is 4.79 Å². The number of aromatic nitrogens is 3. The van der Waals surface area contributed by atoms with Gasteiger partial charge in [-0.2, -0.15) is 0 Å². The fourth-order valence-electron chi connectivity index (χ4n) is 3.74. The lowest BCUT2D eigenvalue weighted by Gasteiger charge is -2.35. The number of rotatable bonds is 3. The van der Waals surface area contributed by atoms with E-state index < -0.39 is 0 Å². The van der Waals surface area contributed by atoms with E-state index in [1.54, 1.807) is 12.4 Å². The van der Waals surface area contributed by atoms with Gasteiger partial charge in [0.05, 0.1) is 12.4 Å². The Morgan fingerprint density at radius 2 is 1.44 bits per heavy atom. The summed E-state index contributed by atoms with van der Waals surface area (Å²) in [4.78, 5) is 32.4. The van der Waals surface area contributed by atoms with E-state index >= 15 is 0 Å². The summed E-state index contributed by atoms with van der Waals surface area (Å²) < 4.78 is 0. The Hall–Kier alpha value is -2.70. The van der Waals surface area contributed by atoms with Crippen LogP contribution in [0.25, 0.3) is 0 Å². The number of anilines is 2. The maximum absolute atomic E-state index is 12.6. The number of nitrogens with zero attached hydrogens (tertiary/aromatic N) is 6. The summed E-state index contributed by atoms with van der Waals surface area (Å²) in [5, 5.41) is 0. The molecule has 0 aromatic carbocycles. The monoisotopic (exact) mass is 366 g/mol. The van der Waals surface area contributed by atoms with Crippen LogP contribution in [0.5, 0.6) is 0 Å². The van der Waals surface area contributed by atoms with Crippen molar-refractivity contribution in [2.24, 2.45) is 0 Å². The van der Waals surface area contributed by atoms with E-state index in [4.69, 9.17) is 0 Å². The van der Waals surface area contributed by atoms with Gasteiger partial charge in [0.2, 0.25) is 0 Å². The van der Waals surface area contributed by atoms with Crippen molar-refractivity contribution >= 4 is 17.5 Å². The van der Waals surface area contributed by atoms with Crippen LogP contribution in [0, 0.1) is 0 Å². The second kappa shape index (κ2) is 8.33. The molecular weight excluding hydrogens is 340 g/mol. The molecule has 27 heavy (non-hydrogen) atoms. The van der Waals surface area contributed by atoms with Crippen LogP contribution < -0.4 is 9.80 Å². The number of piperazine rings is 1. The first-order chi connectivity index (χ1) is 13.3. The van der Waals surface area contributed by atoms with Crippen molar-refractivity contribution in [3.8, 4) is 0 Å². The third-order valence-corrected chi connectivity index (χ3v) is 5.33. The zero-order valence-electron chi connectivity index (χ0n) is 15.6. The summed E-state index contributed by atoms with van der Waals surface area (Å²) >= 11 is 0. The number of likely N-dealkylation sites (tertiary alicyclic amines) is 1. The highest BCUT2D eigenvalue weighted by Crippen LogP contribution is 2.17. The molecule has 0 spiro atoms. The van der Waals surface area contributed by atoms with Crippen molar-refractivity contribution in [3.63, 3.8) is 0 Å². The molecule has 7 heteroatoms. The predicted octanol–water partition coefficient (Wildman–Crippen LogP) is 2.21. The highest BCUT2D eigenvalue weighted by molar-refractivity contribution is 5.92. The zero-order valence-corrected chi connectivity index (χ0v) is 15.6. The summed E-state index contributed by atoms with van der Waals surface area (Å²) in [6.07, 6.45) is 9.77. The SMILES string of the molecule is O=C(c1cnc(N2CCN(c3ccccn3)CC2)cn1)N1CCCCCC1. The first kappa shape index (κ1) is 17.7. The van der Waals surface area contributed by atoms with Gasteiger partial charge < -0.3 is 14.7 Å². The Balaban J connectivity index is 1.36. The quantitative estimate of drug-likeness (QED) is 0.830. The second-order valence-corrected chi connectivity index (χ2v) is 7.13. The fourth-order valence-corrected chi connectivity index (χ4v) is 3.74. The Morgan fingerprint density at radius 1 is 0.741 bits per heavy atom. The minimum atomic E-state index is 0.0101. The van der Waals surface area contributed by atoms with Crippen LogP contribution >= 0.6 is 0 Å². The van der Waals surface area contributed by atoms with Crippen molar-refractivity contribution in [3.05, 3.63) is 42.5 Å². The summed E-state index contributed by atoms with van der Waals surface area (Å²) in [5.74, 6) is 1.86. The molecule has 1 amide bonds. The maximum atomic E-state index is 12.6. The molecule has 2 aromatic heterocycles. The van der Waals surface area contributed by atoms with E-state index in [0.29, 0.717) is 5.69 Å². The number of carbonyl (C=O) groups excluding carboxylic acids is 1. The van der Waals surface area contributed by atoms with E-state index in [1.807, 2.05) is 29.3 Å². The summed E-state index contributed by atoms with van der Waals surface area (Å²) in [6.45, 7) is 5.19. The highest BCUT2D eigenvalue weighted by Gasteiger charge is 2.21. The van der Waals surface area contributed by atoms with Crippen molar-refractivity contribution < 1.29 is 4.79 Å². The van der Waals surface area contributed by atoms with E-state index in [1.165, 1.54) is 12.8 Å². The van der Waals surface area contributed by atoms with E-state index in [0.717, 1.165) is 63.7 Å². The van der Waals surface area contributed by atoms with E-state index in [-0.39, 0.29) is 5.91 Å². The van der Waals surface area contributed by atoms with Gasteiger partial charge in [0.25, 0.3) is 5.91 Å². The highest BCUT2D eigenvalue weighted by atomic mass is 16.2. The van der Waals surface area contributed by atoms with Gasteiger partial charge in [0.15, 0.2) is 0 Å². The standard InChI is InChI=1S/C20H26N6O/c27-20(26-9-5-1-2-6-10-26)17-15-23-19(16-22-17)25-13-11-24(12-14-25)18-7-3-4-8-21-18/h3-4,7-8,15-16H,1-2,5-6,9-14H2. The van der Waals surface area contributed by atoms with Crippen LogP contribution in [-0.4, -0.2) is 65.0 Å². The molecule has 0 atom stereocenters. The van der Waals surface area contributed by atoms with Crippen LogP contribution in [0.3, 0.4) is 0 Å². The summed E-state index contributed by atoms with van der Waals surface area (Å²) in [6, 6.07) is 5.99. The topological polar surface area (TPSA) is 65.5 Å². The lowest BCUT2D eigenvalue weighted by atomic mass is 10.2. The number of hydrogen-bond donors (Lipinski definition) is 0. The van der Waals surface area contributed by atoms with Crippen molar-refractivity contribution in [2.45, 2.75) is 25.7 Å². The van der Waals surface area contributed by atoms with Crippen LogP contribution in [0.2, 0.25) is 0 Å². The Morgan fingerprint density at radius 3 is 2.04 bits per heavy atom. The van der Waals surface area contributed by atoms with Crippen LogP contribution in [-0.2, 0) is 0 Å². The first-order valence-electron chi connectivity index (χ1n) is 9.83. The average Bonchev–Trinajstić information content (AvgIpc) is 3.04. The minimum absolute atomic E-state index is 0.0101.